The van der Waals surface area contributed by atoms with Crippen LogP contribution in [0.3, 0.4) is 0 Å². The molecular formula is C9H15NO2. The van der Waals surface area contributed by atoms with E-state index < -0.39 is 5.97 Å². The molecule has 0 saturated heterocycles. The van der Waals surface area contributed by atoms with Gasteiger partial charge in [0.15, 0.2) is 0 Å². The Balaban J connectivity index is 2.98. The van der Waals surface area contributed by atoms with Crippen LogP contribution in [0.2, 0.25) is 0 Å². The first-order valence-electron chi connectivity index (χ1n) is 4.11. The third kappa shape index (κ3) is 1.37. The standard InChI is InChI=1S/C9H15NO2/c1-9(2)7(8(11)12)5-4-6-10(9)3/h5H,4,6H2,1-3H3,(H,11,12). The number of hydrogen-bond acceptors (Lipinski definition) is 2. The van der Waals surface area contributed by atoms with Crippen molar-refractivity contribution in [1.82, 2.24) is 4.90 Å². The molecular weight excluding hydrogens is 154 g/mol. The molecule has 68 valence electrons. The maximum atomic E-state index is 10.8. The van der Waals surface area contributed by atoms with Gasteiger partial charge in [0.05, 0.1) is 5.57 Å². The number of aliphatic carboxylic acids is 1. The predicted molar refractivity (Wildman–Crippen MR) is 47.0 cm³/mol. The molecule has 0 aliphatic carbocycles. The molecule has 12 heavy (non-hydrogen) atoms. The second kappa shape index (κ2) is 2.90. The van der Waals surface area contributed by atoms with Crippen LogP contribution in [0.5, 0.6) is 0 Å². The molecule has 0 aromatic heterocycles. The second-order valence-corrected chi connectivity index (χ2v) is 3.69. The maximum absolute atomic E-state index is 10.8. The van der Waals surface area contributed by atoms with Gasteiger partial charge in [0.1, 0.15) is 0 Å². The lowest BCUT2D eigenvalue weighted by molar-refractivity contribution is -0.134. The van der Waals surface area contributed by atoms with Gasteiger partial charge >= 0.3 is 5.97 Å². The number of carbonyl (C=O) groups is 1. The molecule has 0 spiro atoms. The van der Waals surface area contributed by atoms with Gasteiger partial charge in [-0.2, -0.15) is 0 Å². The molecule has 0 radical (unpaired) electrons. The van der Waals surface area contributed by atoms with Gasteiger partial charge in [-0.05, 0) is 27.3 Å². The predicted octanol–water partition coefficient (Wildman–Crippen LogP) is 1.11. The van der Waals surface area contributed by atoms with Crippen LogP contribution >= 0.6 is 0 Å². The molecule has 0 fully saturated rings. The van der Waals surface area contributed by atoms with Crippen molar-refractivity contribution < 1.29 is 9.90 Å². The SMILES string of the molecule is CN1CCC=C(C(=O)O)C1(C)C. The number of rotatable bonds is 1. The third-order valence-corrected chi connectivity index (χ3v) is 2.66. The Hall–Kier alpha value is -0.830. The molecule has 3 nitrogen and oxygen atoms in total. The quantitative estimate of drug-likeness (QED) is 0.639. The molecule has 1 aliphatic heterocycles. The summed E-state index contributed by atoms with van der Waals surface area (Å²) < 4.78 is 0. The summed E-state index contributed by atoms with van der Waals surface area (Å²) in [7, 11) is 1.95. The van der Waals surface area contributed by atoms with Crippen LogP contribution in [0, 0.1) is 0 Å². The van der Waals surface area contributed by atoms with Crippen LogP contribution in [0.25, 0.3) is 0 Å². The van der Waals surface area contributed by atoms with Crippen molar-refractivity contribution in [2.24, 2.45) is 0 Å². The Morgan fingerprint density at radius 3 is 2.67 bits per heavy atom. The number of nitrogens with zero attached hydrogens (tertiary/aromatic N) is 1. The van der Waals surface area contributed by atoms with Gasteiger partial charge in [-0.15, -0.1) is 0 Å². The summed E-state index contributed by atoms with van der Waals surface area (Å²) in [5.41, 5.74) is 0.181. The Morgan fingerprint density at radius 2 is 2.25 bits per heavy atom. The molecule has 0 atom stereocenters. The van der Waals surface area contributed by atoms with Crippen molar-refractivity contribution in [3.63, 3.8) is 0 Å². The van der Waals surface area contributed by atoms with E-state index in [9.17, 15) is 4.79 Å². The van der Waals surface area contributed by atoms with Crippen molar-refractivity contribution >= 4 is 5.97 Å². The van der Waals surface area contributed by atoms with E-state index in [-0.39, 0.29) is 5.54 Å². The van der Waals surface area contributed by atoms with Gasteiger partial charge in [-0.1, -0.05) is 6.08 Å². The second-order valence-electron chi connectivity index (χ2n) is 3.69. The summed E-state index contributed by atoms with van der Waals surface area (Å²) in [5, 5.41) is 8.90. The van der Waals surface area contributed by atoms with Crippen LogP contribution in [0.15, 0.2) is 11.6 Å². The number of likely N-dealkylation sites (N-methyl/N-ethyl adjacent to an activating group) is 1. The smallest absolute Gasteiger partial charge is 0.333 e. The Bertz CT molecular complexity index is 231. The summed E-state index contributed by atoms with van der Waals surface area (Å²) in [6.07, 6.45) is 2.66. The average molecular weight is 169 g/mol. The molecule has 0 amide bonds. The summed E-state index contributed by atoms with van der Waals surface area (Å²) in [5.74, 6) is -0.799. The monoisotopic (exact) mass is 169 g/mol. The molecule has 1 N–H and O–H groups in total. The van der Waals surface area contributed by atoms with E-state index in [1.807, 2.05) is 27.0 Å². The van der Waals surface area contributed by atoms with Gasteiger partial charge in [-0.25, -0.2) is 4.79 Å². The van der Waals surface area contributed by atoms with Crippen LogP contribution in [-0.4, -0.2) is 35.1 Å². The first kappa shape index (κ1) is 9.26. The Morgan fingerprint density at radius 1 is 1.67 bits per heavy atom. The van der Waals surface area contributed by atoms with Crippen molar-refractivity contribution in [1.29, 1.82) is 0 Å². The maximum Gasteiger partial charge on any atom is 0.333 e. The normalized spacial score (nSPS) is 23.4. The third-order valence-electron chi connectivity index (χ3n) is 2.66. The van der Waals surface area contributed by atoms with Crippen LogP contribution in [0.4, 0.5) is 0 Å². The van der Waals surface area contributed by atoms with Gasteiger partial charge in [0.25, 0.3) is 0 Å². The van der Waals surface area contributed by atoms with E-state index in [2.05, 4.69) is 4.90 Å². The van der Waals surface area contributed by atoms with Gasteiger partial charge < -0.3 is 5.11 Å². The largest absolute Gasteiger partial charge is 0.478 e. The lowest BCUT2D eigenvalue weighted by atomic mass is 9.88. The van der Waals surface area contributed by atoms with E-state index in [4.69, 9.17) is 5.11 Å². The fourth-order valence-electron chi connectivity index (χ4n) is 1.49. The van der Waals surface area contributed by atoms with Gasteiger partial charge in [0, 0.05) is 12.1 Å². The van der Waals surface area contributed by atoms with E-state index in [1.165, 1.54) is 0 Å². The summed E-state index contributed by atoms with van der Waals surface area (Å²) in [6.45, 7) is 4.81. The first-order valence-corrected chi connectivity index (χ1v) is 4.11. The minimum atomic E-state index is -0.799. The highest BCUT2D eigenvalue weighted by Gasteiger charge is 2.34. The minimum Gasteiger partial charge on any atom is -0.478 e. The molecule has 0 aromatic carbocycles. The molecule has 3 heteroatoms. The highest BCUT2D eigenvalue weighted by atomic mass is 16.4. The van der Waals surface area contributed by atoms with Crippen molar-refractivity contribution in [3.8, 4) is 0 Å². The van der Waals surface area contributed by atoms with E-state index in [1.54, 1.807) is 0 Å². The van der Waals surface area contributed by atoms with Crippen LogP contribution in [0.1, 0.15) is 20.3 Å². The molecule has 0 unspecified atom stereocenters. The van der Waals surface area contributed by atoms with Crippen molar-refractivity contribution in [2.45, 2.75) is 25.8 Å². The topological polar surface area (TPSA) is 40.5 Å². The van der Waals surface area contributed by atoms with Crippen molar-refractivity contribution in [2.75, 3.05) is 13.6 Å². The number of carboxylic acids is 1. The Kier molecular flexibility index (Phi) is 2.24. The van der Waals surface area contributed by atoms with Gasteiger partial charge in [-0.3, -0.25) is 4.90 Å². The molecule has 1 rings (SSSR count). The fourth-order valence-corrected chi connectivity index (χ4v) is 1.49. The summed E-state index contributed by atoms with van der Waals surface area (Å²) >= 11 is 0. The number of hydrogen-bond donors (Lipinski definition) is 1. The van der Waals surface area contributed by atoms with Crippen molar-refractivity contribution in [3.05, 3.63) is 11.6 Å². The zero-order valence-electron chi connectivity index (χ0n) is 7.79. The summed E-state index contributed by atoms with van der Waals surface area (Å²) in [6, 6.07) is 0. The van der Waals surface area contributed by atoms with E-state index in [0.29, 0.717) is 5.57 Å². The zero-order chi connectivity index (χ0) is 9.35. The molecule has 0 bridgehead atoms. The average Bonchev–Trinajstić information content (AvgIpc) is 1.94. The van der Waals surface area contributed by atoms with Crippen LogP contribution < -0.4 is 0 Å². The molecule has 1 heterocycles. The lowest BCUT2D eigenvalue weighted by Crippen LogP contribution is -2.47. The molecule has 0 aromatic rings. The highest BCUT2D eigenvalue weighted by molar-refractivity contribution is 5.89. The minimum absolute atomic E-state index is 0.329. The lowest BCUT2D eigenvalue weighted by Gasteiger charge is -2.39. The van der Waals surface area contributed by atoms with Gasteiger partial charge in [0.2, 0.25) is 0 Å². The zero-order valence-corrected chi connectivity index (χ0v) is 7.79. The highest BCUT2D eigenvalue weighted by Crippen LogP contribution is 2.27. The fraction of sp³-hybridized carbons (Fsp3) is 0.667. The van der Waals surface area contributed by atoms with E-state index >= 15 is 0 Å². The Labute approximate surface area is 72.7 Å². The van der Waals surface area contributed by atoms with E-state index in [0.717, 1.165) is 13.0 Å². The molecule has 1 aliphatic rings. The molecule has 0 saturated carbocycles. The first-order chi connectivity index (χ1) is 5.46. The number of carboxylic acid groups (broad SMARTS) is 1. The summed E-state index contributed by atoms with van der Waals surface area (Å²) in [4.78, 5) is 12.9. The van der Waals surface area contributed by atoms with Crippen LogP contribution in [-0.2, 0) is 4.79 Å².